The lowest BCUT2D eigenvalue weighted by atomic mass is 10.1. The fourth-order valence-electron chi connectivity index (χ4n) is 1.92. The number of benzene rings is 1. The van der Waals surface area contributed by atoms with Gasteiger partial charge in [0.1, 0.15) is 5.75 Å². The van der Waals surface area contributed by atoms with E-state index in [1.54, 1.807) is 25.1 Å². The molecule has 4 heteroatoms. The molecule has 0 amide bonds. The van der Waals surface area contributed by atoms with Crippen molar-refractivity contribution >= 4 is 5.97 Å². The molecule has 1 aromatic carbocycles. The molecule has 1 aromatic rings. The Morgan fingerprint density at radius 2 is 2.10 bits per heavy atom. The Kier molecular flexibility index (Phi) is 7.73. The first-order chi connectivity index (χ1) is 9.67. The molecule has 0 saturated carbocycles. The van der Waals surface area contributed by atoms with Crippen LogP contribution in [-0.2, 0) is 20.7 Å². The van der Waals surface area contributed by atoms with Gasteiger partial charge in [0.2, 0.25) is 0 Å². The van der Waals surface area contributed by atoms with Gasteiger partial charge in [0, 0.05) is 13.0 Å². The summed E-state index contributed by atoms with van der Waals surface area (Å²) in [5.41, 5.74) is 0.860. The molecule has 1 N–H and O–H groups in total. The molecule has 0 fully saturated rings. The molecule has 0 aliphatic heterocycles. The lowest BCUT2D eigenvalue weighted by Crippen LogP contribution is -2.29. The van der Waals surface area contributed by atoms with Crippen LogP contribution in [0.4, 0.5) is 0 Å². The summed E-state index contributed by atoms with van der Waals surface area (Å²) in [7, 11) is 0. The summed E-state index contributed by atoms with van der Waals surface area (Å²) in [4.78, 5) is 11.9. The van der Waals surface area contributed by atoms with E-state index in [0.717, 1.165) is 24.8 Å². The fourth-order valence-corrected chi connectivity index (χ4v) is 1.92. The van der Waals surface area contributed by atoms with Crippen LogP contribution in [0.5, 0.6) is 5.75 Å². The molecule has 1 rings (SSSR count). The molecular formula is C16H24O4. The Balaban J connectivity index is 2.59. The molecule has 1 unspecified atom stereocenters. The van der Waals surface area contributed by atoms with Crippen LogP contribution in [0.25, 0.3) is 0 Å². The monoisotopic (exact) mass is 280 g/mol. The summed E-state index contributed by atoms with van der Waals surface area (Å²) < 4.78 is 10.7. The quantitative estimate of drug-likeness (QED) is 0.558. The average Bonchev–Trinajstić information content (AvgIpc) is 2.42. The van der Waals surface area contributed by atoms with Crippen LogP contribution >= 0.6 is 0 Å². The first-order valence-electron chi connectivity index (χ1n) is 7.23. The van der Waals surface area contributed by atoms with E-state index in [-0.39, 0.29) is 11.7 Å². The number of esters is 1. The number of carbonyl (C=O) groups is 1. The summed E-state index contributed by atoms with van der Waals surface area (Å²) >= 11 is 0. The van der Waals surface area contributed by atoms with Gasteiger partial charge in [-0.05, 0) is 31.0 Å². The molecule has 0 aromatic heterocycles. The number of ether oxygens (including phenoxy) is 2. The molecule has 0 spiro atoms. The highest BCUT2D eigenvalue weighted by Crippen LogP contribution is 2.15. The Morgan fingerprint density at radius 3 is 2.75 bits per heavy atom. The summed E-state index contributed by atoms with van der Waals surface area (Å²) in [6, 6.07) is 6.86. The van der Waals surface area contributed by atoms with Crippen molar-refractivity contribution in [3.05, 3.63) is 29.8 Å². The standard InChI is InChI=1S/C16H24O4/c1-3-5-6-10-20-15(16(18)19-4-2)12-13-8-7-9-14(17)11-13/h7-9,11,15,17H,3-6,10,12H2,1-2H3. The third kappa shape index (κ3) is 6.06. The minimum atomic E-state index is -0.603. The smallest absolute Gasteiger partial charge is 0.335 e. The van der Waals surface area contributed by atoms with Crippen LogP contribution < -0.4 is 0 Å². The van der Waals surface area contributed by atoms with Gasteiger partial charge in [-0.1, -0.05) is 31.9 Å². The molecule has 0 radical (unpaired) electrons. The van der Waals surface area contributed by atoms with Gasteiger partial charge in [-0.25, -0.2) is 4.79 Å². The predicted molar refractivity (Wildman–Crippen MR) is 77.7 cm³/mol. The maximum absolute atomic E-state index is 11.9. The van der Waals surface area contributed by atoms with Crippen molar-refractivity contribution < 1.29 is 19.4 Å². The third-order valence-corrected chi connectivity index (χ3v) is 2.95. The van der Waals surface area contributed by atoms with E-state index in [1.165, 1.54) is 0 Å². The number of rotatable bonds is 9. The van der Waals surface area contributed by atoms with Crippen molar-refractivity contribution in [2.45, 2.75) is 45.6 Å². The van der Waals surface area contributed by atoms with Crippen molar-refractivity contribution in [1.82, 2.24) is 0 Å². The topological polar surface area (TPSA) is 55.8 Å². The van der Waals surface area contributed by atoms with Gasteiger partial charge in [0.15, 0.2) is 6.10 Å². The van der Waals surface area contributed by atoms with Crippen LogP contribution in [0.2, 0.25) is 0 Å². The molecule has 0 aliphatic rings. The highest BCUT2D eigenvalue weighted by atomic mass is 16.6. The number of carbonyl (C=O) groups excluding carboxylic acids is 1. The highest BCUT2D eigenvalue weighted by Gasteiger charge is 2.21. The van der Waals surface area contributed by atoms with Crippen molar-refractivity contribution in [2.75, 3.05) is 13.2 Å². The molecule has 0 aliphatic carbocycles. The van der Waals surface area contributed by atoms with Crippen molar-refractivity contribution in [2.24, 2.45) is 0 Å². The number of hydrogen-bond acceptors (Lipinski definition) is 4. The van der Waals surface area contributed by atoms with E-state index < -0.39 is 6.10 Å². The van der Waals surface area contributed by atoms with Gasteiger partial charge in [0.25, 0.3) is 0 Å². The molecule has 112 valence electrons. The number of aromatic hydroxyl groups is 1. The lowest BCUT2D eigenvalue weighted by Gasteiger charge is -2.16. The first kappa shape index (κ1) is 16.5. The van der Waals surface area contributed by atoms with Crippen molar-refractivity contribution in [3.63, 3.8) is 0 Å². The first-order valence-corrected chi connectivity index (χ1v) is 7.23. The third-order valence-electron chi connectivity index (χ3n) is 2.95. The van der Waals surface area contributed by atoms with Crippen LogP contribution in [-0.4, -0.2) is 30.4 Å². The van der Waals surface area contributed by atoms with Crippen LogP contribution in [0, 0.1) is 0 Å². The molecule has 1 atom stereocenters. The van der Waals surface area contributed by atoms with Gasteiger partial charge in [-0.2, -0.15) is 0 Å². The van der Waals surface area contributed by atoms with E-state index in [0.29, 0.717) is 19.6 Å². The largest absolute Gasteiger partial charge is 0.508 e. The SMILES string of the molecule is CCCCCOC(Cc1cccc(O)c1)C(=O)OCC. The summed E-state index contributed by atoms with van der Waals surface area (Å²) in [6.07, 6.45) is 2.95. The Bertz CT molecular complexity index is 403. The average molecular weight is 280 g/mol. The minimum Gasteiger partial charge on any atom is -0.508 e. The van der Waals surface area contributed by atoms with Gasteiger partial charge >= 0.3 is 5.97 Å². The molecule has 20 heavy (non-hydrogen) atoms. The van der Waals surface area contributed by atoms with E-state index in [1.807, 2.05) is 6.07 Å². The summed E-state index contributed by atoms with van der Waals surface area (Å²) in [6.45, 7) is 4.79. The van der Waals surface area contributed by atoms with Gasteiger partial charge in [-0.15, -0.1) is 0 Å². The second kappa shape index (κ2) is 9.37. The zero-order valence-electron chi connectivity index (χ0n) is 12.3. The van der Waals surface area contributed by atoms with E-state index in [2.05, 4.69) is 6.92 Å². The number of phenolic OH excluding ortho intramolecular Hbond substituents is 1. The normalized spacial score (nSPS) is 12.1. The van der Waals surface area contributed by atoms with E-state index >= 15 is 0 Å². The second-order valence-electron chi connectivity index (χ2n) is 4.69. The highest BCUT2D eigenvalue weighted by molar-refractivity contribution is 5.75. The number of hydrogen-bond donors (Lipinski definition) is 1. The molecule has 0 saturated heterocycles. The van der Waals surface area contributed by atoms with Gasteiger partial charge < -0.3 is 14.6 Å². The molecule has 4 nitrogen and oxygen atoms in total. The number of unbranched alkanes of at least 4 members (excludes halogenated alkanes) is 2. The Morgan fingerprint density at radius 1 is 1.30 bits per heavy atom. The van der Waals surface area contributed by atoms with Crippen LogP contribution in [0.15, 0.2) is 24.3 Å². The molecule has 0 heterocycles. The van der Waals surface area contributed by atoms with Gasteiger partial charge in [0.05, 0.1) is 6.61 Å². The van der Waals surface area contributed by atoms with Crippen molar-refractivity contribution in [3.8, 4) is 5.75 Å². The second-order valence-corrected chi connectivity index (χ2v) is 4.69. The summed E-state index contributed by atoms with van der Waals surface area (Å²) in [5, 5.41) is 9.46. The fraction of sp³-hybridized carbons (Fsp3) is 0.562. The van der Waals surface area contributed by atoms with E-state index in [9.17, 15) is 9.90 Å². The van der Waals surface area contributed by atoms with Crippen molar-refractivity contribution in [1.29, 1.82) is 0 Å². The molecule has 0 bridgehead atoms. The number of phenols is 1. The zero-order chi connectivity index (χ0) is 14.8. The summed E-state index contributed by atoms with van der Waals surface area (Å²) in [5.74, 6) is -0.150. The van der Waals surface area contributed by atoms with Crippen LogP contribution in [0.1, 0.15) is 38.7 Å². The maximum Gasteiger partial charge on any atom is 0.335 e. The lowest BCUT2D eigenvalue weighted by molar-refractivity contribution is -0.156. The Hall–Kier alpha value is -1.55. The zero-order valence-corrected chi connectivity index (χ0v) is 12.3. The van der Waals surface area contributed by atoms with E-state index in [4.69, 9.17) is 9.47 Å². The Labute approximate surface area is 120 Å². The predicted octanol–water partition coefficient (Wildman–Crippen LogP) is 3.07. The van der Waals surface area contributed by atoms with Crippen LogP contribution in [0.3, 0.4) is 0 Å². The van der Waals surface area contributed by atoms with Gasteiger partial charge in [-0.3, -0.25) is 0 Å². The maximum atomic E-state index is 11.9. The molecular weight excluding hydrogens is 256 g/mol. The minimum absolute atomic E-state index is 0.191.